The highest BCUT2D eigenvalue weighted by Gasteiger charge is 2.10. The van der Waals surface area contributed by atoms with Gasteiger partial charge in [0.05, 0.1) is 0 Å². The van der Waals surface area contributed by atoms with Gasteiger partial charge in [-0.1, -0.05) is 12.1 Å². The van der Waals surface area contributed by atoms with Crippen molar-refractivity contribution in [1.82, 2.24) is 0 Å². The Morgan fingerprint density at radius 1 is 1.71 bits per heavy atom. The Labute approximate surface area is 81.4 Å². The van der Waals surface area contributed by atoms with E-state index >= 15 is 0 Å². The predicted molar refractivity (Wildman–Crippen MR) is 49.2 cm³/mol. The second-order valence-electron chi connectivity index (χ2n) is 3.03. The minimum absolute atomic E-state index is 0.304. The number of aryl methyl sites for hydroxylation is 1. The Kier molecular flexibility index (Phi) is 3.59. The highest BCUT2D eigenvalue weighted by Crippen LogP contribution is 2.06. The van der Waals surface area contributed by atoms with Crippen molar-refractivity contribution in [2.24, 2.45) is 5.73 Å². The highest BCUT2D eigenvalue weighted by atomic mass is 19.1. The van der Waals surface area contributed by atoms with Crippen molar-refractivity contribution in [3.05, 3.63) is 35.6 Å². The molecule has 4 heteroatoms. The third kappa shape index (κ3) is 3.14. The third-order valence-electron chi connectivity index (χ3n) is 1.89. The van der Waals surface area contributed by atoms with Gasteiger partial charge in [0.15, 0.2) is 0 Å². The first-order valence-electron chi connectivity index (χ1n) is 4.24. The molecule has 1 rings (SSSR count). The van der Waals surface area contributed by atoms with Crippen LogP contribution in [0.5, 0.6) is 0 Å². The fourth-order valence-electron chi connectivity index (χ4n) is 1.08. The van der Waals surface area contributed by atoms with Crippen LogP contribution in [0.3, 0.4) is 0 Å². The fraction of sp³-hybridized carbons (Fsp3) is 0.300. The Hall–Kier alpha value is -1.42. The van der Waals surface area contributed by atoms with Crippen LogP contribution in [0, 0.1) is 11.9 Å². The van der Waals surface area contributed by atoms with Crippen LogP contribution in [0.25, 0.3) is 0 Å². The van der Waals surface area contributed by atoms with Gasteiger partial charge in [-0.15, -0.1) is 0 Å². The summed E-state index contributed by atoms with van der Waals surface area (Å²) in [7, 11) is 0. The first-order valence-corrected chi connectivity index (χ1v) is 4.24. The second-order valence-corrected chi connectivity index (χ2v) is 3.03. The van der Waals surface area contributed by atoms with E-state index in [2.05, 4.69) is 6.07 Å². The van der Waals surface area contributed by atoms with Crippen LogP contribution in [-0.4, -0.2) is 17.1 Å². The zero-order valence-corrected chi connectivity index (χ0v) is 7.53. The Bertz CT molecular complexity index is 328. The standard InChI is InChI=1S/C10H11FNO2/c11-8-3-1-2-7(6-8)4-5-9(12)10(13)14/h1-2,6,9H,4-5,12H2,(H,13,14)/t9-/m0/s1. The van der Waals surface area contributed by atoms with Crippen LogP contribution in [-0.2, 0) is 11.2 Å². The summed E-state index contributed by atoms with van der Waals surface area (Å²) < 4.78 is 12.6. The Balaban J connectivity index is 2.49. The fourth-order valence-corrected chi connectivity index (χ4v) is 1.08. The van der Waals surface area contributed by atoms with Gasteiger partial charge in [-0.3, -0.25) is 4.79 Å². The van der Waals surface area contributed by atoms with Gasteiger partial charge in [0.2, 0.25) is 0 Å². The Morgan fingerprint density at radius 3 is 3.00 bits per heavy atom. The van der Waals surface area contributed by atoms with Gasteiger partial charge < -0.3 is 10.8 Å². The van der Waals surface area contributed by atoms with E-state index in [4.69, 9.17) is 10.8 Å². The van der Waals surface area contributed by atoms with E-state index in [1.165, 1.54) is 12.1 Å². The highest BCUT2D eigenvalue weighted by molar-refractivity contribution is 5.73. The molecule has 3 N–H and O–H groups in total. The number of hydrogen-bond donors (Lipinski definition) is 2. The molecule has 0 fully saturated rings. The van der Waals surface area contributed by atoms with Crippen LogP contribution in [0.15, 0.2) is 18.2 Å². The van der Waals surface area contributed by atoms with Crippen LogP contribution >= 0.6 is 0 Å². The molecule has 0 aliphatic carbocycles. The lowest BCUT2D eigenvalue weighted by Crippen LogP contribution is -2.30. The predicted octanol–water partition coefficient (Wildman–Crippen LogP) is 0.970. The summed E-state index contributed by atoms with van der Waals surface area (Å²) in [6, 6.07) is 5.97. The number of rotatable bonds is 4. The molecule has 3 nitrogen and oxygen atoms in total. The first-order chi connectivity index (χ1) is 6.59. The molecule has 1 aromatic carbocycles. The van der Waals surface area contributed by atoms with Gasteiger partial charge >= 0.3 is 5.97 Å². The molecule has 0 amide bonds. The van der Waals surface area contributed by atoms with Crippen LogP contribution < -0.4 is 5.73 Å². The summed E-state index contributed by atoms with van der Waals surface area (Å²) in [6.07, 6.45) is 0.762. The molecule has 0 unspecified atom stereocenters. The van der Waals surface area contributed by atoms with E-state index in [1.54, 1.807) is 6.07 Å². The van der Waals surface area contributed by atoms with Crippen molar-refractivity contribution < 1.29 is 14.3 Å². The quantitative estimate of drug-likeness (QED) is 0.754. The smallest absolute Gasteiger partial charge is 0.320 e. The van der Waals surface area contributed by atoms with Crippen molar-refractivity contribution in [3.63, 3.8) is 0 Å². The maximum absolute atomic E-state index is 12.6. The zero-order chi connectivity index (χ0) is 10.6. The first kappa shape index (κ1) is 10.7. The molecular formula is C10H11FNO2. The number of carbonyl (C=O) groups is 1. The molecule has 1 atom stereocenters. The largest absolute Gasteiger partial charge is 0.480 e. The minimum Gasteiger partial charge on any atom is -0.480 e. The normalized spacial score (nSPS) is 12.4. The molecule has 1 radical (unpaired) electrons. The molecule has 0 bridgehead atoms. The number of carboxylic acids is 1. The molecule has 75 valence electrons. The van der Waals surface area contributed by atoms with Gasteiger partial charge in [-0.25, -0.2) is 4.39 Å². The van der Waals surface area contributed by atoms with Gasteiger partial charge in [0.25, 0.3) is 0 Å². The van der Waals surface area contributed by atoms with Gasteiger partial charge in [0, 0.05) is 6.07 Å². The topological polar surface area (TPSA) is 63.3 Å². The molecule has 0 saturated carbocycles. The summed E-state index contributed by atoms with van der Waals surface area (Å²) in [4.78, 5) is 10.4. The number of benzene rings is 1. The molecule has 0 spiro atoms. The van der Waals surface area contributed by atoms with Gasteiger partial charge in [0.1, 0.15) is 11.9 Å². The van der Waals surface area contributed by atoms with Crippen molar-refractivity contribution >= 4 is 5.97 Å². The number of aliphatic carboxylic acids is 1. The van der Waals surface area contributed by atoms with E-state index in [1.807, 2.05) is 0 Å². The van der Waals surface area contributed by atoms with E-state index in [0.717, 1.165) is 5.56 Å². The zero-order valence-electron chi connectivity index (χ0n) is 7.53. The maximum Gasteiger partial charge on any atom is 0.320 e. The monoisotopic (exact) mass is 196 g/mol. The molecule has 1 aromatic rings. The van der Waals surface area contributed by atoms with Crippen molar-refractivity contribution in [1.29, 1.82) is 0 Å². The molecule has 0 aliphatic rings. The lowest BCUT2D eigenvalue weighted by molar-refractivity contribution is -0.138. The molecule has 14 heavy (non-hydrogen) atoms. The number of nitrogens with two attached hydrogens (primary N) is 1. The average molecular weight is 196 g/mol. The molecule has 0 aliphatic heterocycles. The lowest BCUT2D eigenvalue weighted by Gasteiger charge is -2.05. The van der Waals surface area contributed by atoms with Gasteiger partial charge in [-0.2, -0.15) is 0 Å². The number of carboxylic acid groups (broad SMARTS) is 1. The molecule has 0 saturated heterocycles. The van der Waals surface area contributed by atoms with Crippen molar-refractivity contribution in [2.75, 3.05) is 0 Å². The summed E-state index contributed by atoms with van der Waals surface area (Å²) in [6.45, 7) is 0. The van der Waals surface area contributed by atoms with Crippen molar-refractivity contribution in [3.8, 4) is 0 Å². The average Bonchev–Trinajstić information content (AvgIpc) is 2.14. The van der Waals surface area contributed by atoms with Crippen LogP contribution in [0.4, 0.5) is 4.39 Å². The van der Waals surface area contributed by atoms with Gasteiger partial charge in [-0.05, 0) is 24.5 Å². The SMILES string of the molecule is N[C@@H](CCc1cc[c]c(F)c1)C(=O)O. The third-order valence-corrected chi connectivity index (χ3v) is 1.89. The lowest BCUT2D eigenvalue weighted by atomic mass is 10.1. The number of halogens is 1. The maximum atomic E-state index is 12.6. The summed E-state index contributed by atoms with van der Waals surface area (Å²) in [5, 5.41) is 8.51. The van der Waals surface area contributed by atoms with E-state index in [9.17, 15) is 9.18 Å². The van der Waals surface area contributed by atoms with Crippen molar-refractivity contribution in [2.45, 2.75) is 18.9 Å². The molecular weight excluding hydrogens is 185 g/mol. The molecule has 0 heterocycles. The van der Waals surface area contributed by atoms with E-state index in [-0.39, 0.29) is 0 Å². The minimum atomic E-state index is -1.03. The van der Waals surface area contributed by atoms with E-state index < -0.39 is 17.8 Å². The molecule has 0 aromatic heterocycles. The Morgan fingerprint density at radius 2 is 2.43 bits per heavy atom. The summed E-state index contributed by atoms with van der Waals surface area (Å²) >= 11 is 0. The van der Waals surface area contributed by atoms with Crippen LogP contribution in [0.1, 0.15) is 12.0 Å². The summed E-state index contributed by atoms with van der Waals surface area (Å²) in [5.74, 6) is -1.47. The van der Waals surface area contributed by atoms with Crippen LogP contribution in [0.2, 0.25) is 0 Å². The second kappa shape index (κ2) is 4.72. The number of hydrogen-bond acceptors (Lipinski definition) is 2. The summed E-state index contributed by atoms with van der Waals surface area (Å²) in [5.41, 5.74) is 6.04. The van der Waals surface area contributed by atoms with E-state index in [0.29, 0.717) is 12.8 Å².